The van der Waals surface area contributed by atoms with Gasteiger partial charge in [0.25, 0.3) is 0 Å². The Kier molecular flexibility index (Phi) is 4.34. The lowest BCUT2D eigenvalue weighted by Gasteiger charge is -2.28. The molecule has 0 aliphatic carbocycles. The zero-order chi connectivity index (χ0) is 10.4. The lowest BCUT2D eigenvalue weighted by atomic mass is 10.3. The molecule has 0 N–H and O–H groups in total. The first-order valence-corrected chi connectivity index (χ1v) is 4.11. The van der Waals surface area contributed by atoms with E-state index in [0.29, 0.717) is 0 Å². The second kappa shape index (κ2) is 5.56. The fourth-order valence-corrected chi connectivity index (χ4v) is 1.04. The second-order valence-corrected chi connectivity index (χ2v) is 2.39. The molecule has 0 unspecified atom stereocenters. The summed E-state index contributed by atoms with van der Waals surface area (Å²) in [4.78, 5) is 14.9. The first kappa shape index (κ1) is 10.9. The van der Waals surface area contributed by atoms with Gasteiger partial charge in [-0.05, 0) is 12.1 Å². The Labute approximate surface area is 83.2 Å². The van der Waals surface area contributed by atoms with Crippen molar-refractivity contribution in [3.8, 4) is 0 Å². The molecule has 14 heavy (non-hydrogen) atoms. The summed E-state index contributed by atoms with van der Waals surface area (Å²) in [5.74, 6) is 0. The van der Waals surface area contributed by atoms with E-state index in [1.807, 2.05) is 30.3 Å². The molecule has 0 bridgehead atoms. The molecule has 0 spiro atoms. The molecule has 1 aromatic carbocycles. The summed E-state index contributed by atoms with van der Waals surface area (Å²) in [5.41, 5.74) is 0.804. The van der Waals surface area contributed by atoms with E-state index in [9.17, 15) is 0 Å². The number of nitrogens with zero attached hydrogens (tertiary/aromatic N) is 2. The minimum absolute atomic E-state index is 0.804. The number of anilines is 1. The average molecular weight is 198 g/mol. The summed E-state index contributed by atoms with van der Waals surface area (Å²) in [6.07, 6.45) is 0. The maximum atomic E-state index is 5.09. The smallest absolute Gasteiger partial charge is 0.0873 e. The predicted molar refractivity (Wildman–Crippen MR) is 51.8 cm³/mol. The van der Waals surface area contributed by atoms with E-state index in [-0.39, 0.29) is 0 Å². The summed E-state index contributed by atoms with van der Waals surface area (Å²) < 4.78 is 0. The van der Waals surface area contributed by atoms with E-state index >= 15 is 0 Å². The standard InChI is InChI=1S/C9H14N2O3/c1-12-10(11(13-2)14-3)9-7-5-4-6-8-9/h4-8H,1-3H3. The first-order chi connectivity index (χ1) is 6.83. The molecule has 0 heterocycles. The van der Waals surface area contributed by atoms with Crippen LogP contribution in [0.15, 0.2) is 30.3 Å². The number of para-hydroxylation sites is 1. The summed E-state index contributed by atoms with van der Waals surface area (Å²) in [6, 6.07) is 9.44. The van der Waals surface area contributed by atoms with Crippen LogP contribution in [0.4, 0.5) is 5.69 Å². The fourth-order valence-electron chi connectivity index (χ4n) is 1.04. The lowest BCUT2D eigenvalue weighted by Crippen LogP contribution is -2.40. The molecule has 0 amide bonds. The van der Waals surface area contributed by atoms with Gasteiger partial charge in [-0.25, -0.2) is 0 Å². The monoisotopic (exact) mass is 198 g/mol. The van der Waals surface area contributed by atoms with Crippen LogP contribution >= 0.6 is 0 Å². The Morgan fingerprint density at radius 2 is 1.43 bits per heavy atom. The largest absolute Gasteiger partial charge is 0.257 e. The summed E-state index contributed by atoms with van der Waals surface area (Å²) in [5, 5.41) is 2.50. The highest BCUT2D eigenvalue weighted by atomic mass is 17.0. The van der Waals surface area contributed by atoms with Crippen LogP contribution in [0, 0.1) is 0 Å². The maximum absolute atomic E-state index is 5.09. The lowest BCUT2D eigenvalue weighted by molar-refractivity contribution is -0.381. The predicted octanol–water partition coefficient (Wildman–Crippen LogP) is 1.39. The van der Waals surface area contributed by atoms with Crippen LogP contribution in [-0.4, -0.2) is 26.7 Å². The molecule has 0 aliphatic heterocycles. The van der Waals surface area contributed by atoms with Crippen molar-refractivity contribution in [1.29, 1.82) is 0 Å². The molecular formula is C9H14N2O3. The quantitative estimate of drug-likeness (QED) is 0.668. The Balaban J connectivity index is 2.81. The average Bonchev–Trinajstić information content (AvgIpc) is 2.27. The molecule has 0 aromatic heterocycles. The van der Waals surface area contributed by atoms with Crippen LogP contribution < -0.4 is 5.17 Å². The van der Waals surface area contributed by atoms with E-state index in [1.54, 1.807) is 0 Å². The third kappa shape index (κ3) is 2.43. The van der Waals surface area contributed by atoms with Crippen LogP contribution in [0.1, 0.15) is 0 Å². The normalized spacial score (nSPS) is 10.6. The van der Waals surface area contributed by atoms with E-state index in [2.05, 4.69) is 0 Å². The zero-order valence-corrected chi connectivity index (χ0v) is 8.51. The van der Waals surface area contributed by atoms with Crippen molar-refractivity contribution < 1.29 is 14.5 Å². The van der Waals surface area contributed by atoms with Gasteiger partial charge < -0.3 is 0 Å². The van der Waals surface area contributed by atoms with E-state index in [0.717, 1.165) is 11.0 Å². The van der Waals surface area contributed by atoms with Crippen molar-refractivity contribution >= 4 is 5.69 Å². The van der Waals surface area contributed by atoms with Crippen molar-refractivity contribution in [2.24, 2.45) is 0 Å². The van der Waals surface area contributed by atoms with Gasteiger partial charge in [-0.3, -0.25) is 14.5 Å². The fraction of sp³-hybridized carbons (Fsp3) is 0.333. The van der Waals surface area contributed by atoms with Gasteiger partial charge in [0.15, 0.2) is 0 Å². The molecule has 0 saturated carbocycles. The molecule has 0 atom stereocenters. The zero-order valence-electron chi connectivity index (χ0n) is 8.51. The molecule has 78 valence electrons. The summed E-state index contributed by atoms with van der Waals surface area (Å²) in [7, 11) is 4.49. The van der Waals surface area contributed by atoms with Crippen molar-refractivity contribution in [3.05, 3.63) is 30.3 Å². The second-order valence-electron chi connectivity index (χ2n) is 2.39. The third-order valence-electron chi connectivity index (χ3n) is 1.61. The molecule has 0 radical (unpaired) electrons. The maximum Gasteiger partial charge on any atom is 0.0873 e. The Bertz CT molecular complexity index is 251. The molecule has 5 nitrogen and oxygen atoms in total. The minimum atomic E-state index is 0.804. The summed E-state index contributed by atoms with van der Waals surface area (Å²) >= 11 is 0. The number of hydrazine groups is 1. The highest BCUT2D eigenvalue weighted by molar-refractivity contribution is 5.41. The number of benzene rings is 1. The van der Waals surface area contributed by atoms with Gasteiger partial charge in [-0.2, -0.15) is 0 Å². The van der Waals surface area contributed by atoms with Gasteiger partial charge >= 0.3 is 0 Å². The number of hydrogen-bond donors (Lipinski definition) is 0. The summed E-state index contributed by atoms with van der Waals surface area (Å²) in [6.45, 7) is 0. The van der Waals surface area contributed by atoms with Gasteiger partial charge in [0, 0.05) is 0 Å². The van der Waals surface area contributed by atoms with Gasteiger partial charge in [0.2, 0.25) is 0 Å². The molecule has 1 aromatic rings. The van der Waals surface area contributed by atoms with Crippen molar-refractivity contribution in [2.45, 2.75) is 0 Å². The SMILES string of the molecule is CON(OC)N(OC)c1ccccc1. The topological polar surface area (TPSA) is 34.2 Å². The van der Waals surface area contributed by atoms with Crippen molar-refractivity contribution in [3.63, 3.8) is 0 Å². The van der Waals surface area contributed by atoms with E-state index < -0.39 is 0 Å². The molecule has 0 fully saturated rings. The third-order valence-corrected chi connectivity index (χ3v) is 1.61. The van der Waals surface area contributed by atoms with E-state index in [1.165, 1.54) is 26.5 Å². The Morgan fingerprint density at radius 3 is 1.86 bits per heavy atom. The van der Waals surface area contributed by atoms with Crippen LogP contribution in [0.3, 0.4) is 0 Å². The van der Waals surface area contributed by atoms with Crippen LogP contribution in [-0.2, 0) is 14.5 Å². The van der Waals surface area contributed by atoms with Crippen molar-refractivity contribution in [2.75, 3.05) is 26.5 Å². The van der Waals surface area contributed by atoms with Gasteiger partial charge in [-0.15, -0.1) is 5.17 Å². The van der Waals surface area contributed by atoms with Crippen LogP contribution in [0.5, 0.6) is 0 Å². The molecule has 0 aliphatic rings. The van der Waals surface area contributed by atoms with Crippen LogP contribution in [0.25, 0.3) is 0 Å². The van der Waals surface area contributed by atoms with Crippen molar-refractivity contribution in [1.82, 2.24) is 5.34 Å². The van der Waals surface area contributed by atoms with Gasteiger partial charge in [0.05, 0.1) is 32.4 Å². The Morgan fingerprint density at radius 1 is 0.857 bits per heavy atom. The first-order valence-electron chi connectivity index (χ1n) is 4.11. The molecule has 5 heteroatoms. The molecule has 1 rings (SSSR count). The highest BCUT2D eigenvalue weighted by Crippen LogP contribution is 2.15. The number of rotatable bonds is 5. The number of hydrogen-bond acceptors (Lipinski definition) is 5. The van der Waals surface area contributed by atoms with E-state index in [4.69, 9.17) is 14.5 Å². The molecule has 0 saturated heterocycles. The Hall–Kier alpha value is -1.14. The van der Waals surface area contributed by atoms with Gasteiger partial charge in [-0.1, -0.05) is 18.2 Å². The molecular weight excluding hydrogens is 184 g/mol. The minimum Gasteiger partial charge on any atom is -0.257 e. The van der Waals surface area contributed by atoms with Gasteiger partial charge in [0.1, 0.15) is 0 Å². The van der Waals surface area contributed by atoms with Crippen LogP contribution in [0.2, 0.25) is 0 Å². The highest BCUT2D eigenvalue weighted by Gasteiger charge is 2.14.